The molecule has 142 valence electrons. The molecular weight excluding hydrogens is 374 g/mol. The lowest BCUT2D eigenvalue weighted by molar-refractivity contribution is -0.143. The molecule has 2 heterocycles. The minimum atomic E-state index is -0.844. The highest BCUT2D eigenvalue weighted by Gasteiger charge is 2.32. The molecule has 0 aliphatic carbocycles. The van der Waals surface area contributed by atoms with E-state index in [4.69, 9.17) is 11.6 Å². The van der Waals surface area contributed by atoms with Gasteiger partial charge in [0.1, 0.15) is 0 Å². The second kappa shape index (κ2) is 8.39. The van der Waals surface area contributed by atoms with Gasteiger partial charge in [0, 0.05) is 42.7 Å². The summed E-state index contributed by atoms with van der Waals surface area (Å²) in [5.74, 6) is 0.916. The number of hydrogen-bond acceptors (Lipinski definition) is 4. The van der Waals surface area contributed by atoms with E-state index >= 15 is 0 Å². The van der Waals surface area contributed by atoms with Crippen molar-refractivity contribution < 1.29 is 14.7 Å². The van der Waals surface area contributed by atoms with Crippen molar-refractivity contribution in [3.05, 3.63) is 23.2 Å². The Bertz CT molecular complexity index is 682. The molecule has 0 saturated carbocycles. The number of urea groups is 1. The number of aliphatic carboxylic acids is 1. The lowest BCUT2D eigenvalue weighted by Gasteiger charge is -2.35. The molecular formula is C18H24ClN3O3S. The molecule has 2 saturated heterocycles. The first kappa shape index (κ1) is 19.2. The van der Waals surface area contributed by atoms with Gasteiger partial charge in [-0.2, -0.15) is 11.8 Å². The van der Waals surface area contributed by atoms with E-state index in [2.05, 4.69) is 10.2 Å². The smallest absolute Gasteiger partial charge is 0.321 e. The summed E-state index contributed by atoms with van der Waals surface area (Å²) in [6, 6.07) is 5.26. The van der Waals surface area contributed by atoms with Crippen LogP contribution in [0.2, 0.25) is 5.02 Å². The van der Waals surface area contributed by atoms with Gasteiger partial charge in [-0.15, -0.1) is 0 Å². The number of amides is 2. The minimum Gasteiger partial charge on any atom is -0.481 e. The van der Waals surface area contributed by atoms with Crippen LogP contribution in [-0.2, 0) is 4.79 Å². The molecule has 2 aliphatic rings. The van der Waals surface area contributed by atoms with E-state index in [9.17, 15) is 14.7 Å². The summed E-state index contributed by atoms with van der Waals surface area (Å²) in [5.41, 5.74) is 1.64. The molecule has 26 heavy (non-hydrogen) atoms. The van der Waals surface area contributed by atoms with Crippen molar-refractivity contribution in [2.24, 2.45) is 11.8 Å². The van der Waals surface area contributed by atoms with Crippen LogP contribution in [0.1, 0.15) is 13.3 Å². The largest absolute Gasteiger partial charge is 0.481 e. The van der Waals surface area contributed by atoms with Gasteiger partial charge in [0.25, 0.3) is 0 Å². The fraction of sp³-hybridized carbons (Fsp3) is 0.556. The van der Waals surface area contributed by atoms with E-state index in [0.29, 0.717) is 23.7 Å². The molecule has 2 N–H and O–H groups in total. The van der Waals surface area contributed by atoms with Gasteiger partial charge in [-0.3, -0.25) is 4.79 Å². The average Bonchev–Trinajstić information content (AvgIpc) is 2.62. The number of thioether (sulfide) groups is 1. The highest BCUT2D eigenvalue weighted by molar-refractivity contribution is 7.99. The zero-order valence-electron chi connectivity index (χ0n) is 14.8. The van der Waals surface area contributed by atoms with E-state index < -0.39 is 11.9 Å². The second-order valence-corrected chi connectivity index (χ2v) is 8.63. The standard InChI is InChI=1S/C18H24ClN3O3S/c1-12-8-13(17(23)24)11-22(10-12)18(25)20-15-9-14(19)2-3-16(15)21-4-6-26-7-5-21/h2-3,9,12-13H,4-8,10-11H2,1H3,(H,20,25)(H,23,24). The zero-order valence-corrected chi connectivity index (χ0v) is 16.4. The molecule has 2 fully saturated rings. The molecule has 3 rings (SSSR count). The van der Waals surface area contributed by atoms with E-state index in [1.165, 1.54) is 0 Å². The summed E-state index contributed by atoms with van der Waals surface area (Å²) in [6.45, 7) is 4.63. The van der Waals surface area contributed by atoms with Gasteiger partial charge in [-0.25, -0.2) is 4.79 Å². The quantitative estimate of drug-likeness (QED) is 0.817. The second-order valence-electron chi connectivity index (χ2n) is 6.97. The first-order valence-corrected chi connectivity index (χ1v) is 10.4. The van der Waals surface area contributed by atoms with Crippen molar-refractivity contribution in [3.63, 3.8) is 0 Å². The summed E-state index contributed by atoms with van der Waals surface area (Å²) in [4.78, 5) is 28.0. The van der Waals surface area contributed by atoms with Crippen LogP contribution in [-0.4, -0.2) is 59.7 Å². The normalized spacial score (nSPS) is 23.6. The first-order chi connectivity index (χ1) is 12.4. The summed E-state index contributed by atoms with van der Waals surface area (Å²) in [7, 11) is 0. The molecule has 0 bridgehead atoms. The van der Waals surface area contributed by atoms with Crippen LogP contribution in [0.4, 0.5) is 16.2 Å². The lowest BCUT2D eigenvalue weighted by atomic mass is 9.91. The third kappa shape index (κ3) is 4.57. The molecule has 0 radical (unpaired) electrons. The zero-order chi connectivity index (χ0) is 18.7. The van der Waals surface area contributed by atoms with Gasteiger partial charge in [0.15, 0.2) is 0 Å². The molecule has 0 spiro atoms. The number of likely N-dealkylation sites (tertiary alicyclic amines) is 1. The van der Waals surface area contributed by atoms with E-state index in [1.807, 2.05) is 30.8 Å². The Morgan fingerprint density at radius 1 is 1.27 bits per heavy atom. The number of rotatable bonds is 3. The van der Waals surface area contributed by atoms with Crippen molar-refractivity contribution in [1.29, 1.82) is 0 Å². The van der Waals surface area contributed by atoms with Crippen molar-refractivity contribution in [3.8, 4) is 0 Å². The molecule has 0 aromatic heterocycles. The number of nitrogens with one attached hydrogen (secondary N) is 1. The fourth-order valence-electron chi connectivity index (χ4n) is 3.58. The van der Waals surface area contributed by atoms with E-state index in [1.54, 1.807) is 11.0 Å². The Labute approximate surface area is 162 Å². The van der Waals surface area contributed by atoms with Crippen molar-refractivity contribution >= 4 is 46.7 Å². The maximum absolute atomic E-state index is 12.8. The number of benzene rings is 1. The molecule has 1 aromatic rings. The monoisotopic (exact) mass is 397 g/mol. The molecule has 2 atom stereocenters. The third-order valence-corrected chi connectivity index (χ3v) is 6.03. The van der Waals surface area contributed by atoms with Gasteiger partial charge in [-0.1, -0.05) is 18.5 Å². The highest BCUT2D eigenvalue weighted by atomic mass is 35.5. The molecule has 2 amide bonds. The number of nitrogens with zero attached hydrogens (tertiary/aromatic N) is 2. The van der Waals surface area contributed by atoms with Crippen molar-refractivity contribution in [2.45, 2.75) is 13.3 Å². The van der Waals surface area contributed by atoms with Crippen LogP contribution in [0.15, 0.2) is 18.2 Å². The van der Waals surface area contributed by atoms with Gasteiger partial charge in [0.2, 0.25) is 0 Å². The van der Waals surface area contributed by atoms with Gasteiger partial charge < -0.3 is 20.2 Å². The van der Waals surface area contributed by atoms with Crippen LogP contribution < -0.4 is 10.2 Å². The third-order valence-electron chi connectivity index (χ3n) is 4.85. The number of carboxylic acid groups (broad SMARTS) is 1. The molecule has 1 aromatic carbocycles. The summed E-state index contributed by atoms with van der Waals surface area (Å²) >= 11 is 8.07. The Morgan fingerprint density at radius 2 is 2.00 bits per heavy atom. The summed E-state index contributed by atoms with van der Waals surface area (Å²) < 4.78 is 0. The number of anilines is 2. The van der Waals surface area contributed by atoms with Crippen LogP contribution in [0, 0.1) is 11.8 Å². The Balaban J connectivity index is 1.76. The van der Waals surface area contributed by atoms with Gasteiger partial charge >= 0.3 is 12.0 Å². The average molecular weight is 398 g/mol. The van der Waals surface area contributed by atoms with Crippen LogP contribution in [0.3, 0.4) is 0 Å². The number of carboxylic acids is 1. The van der Waals surface area contributed by atoms with Crippen LogP contribution >= 0.6 is 23.4 Å². The Hall–Kier alpha value is -1.60. The van der Waals surface area contributed by atoms with Crippen LogP contribution in [0.25, 0.3) is 0 Å². The highest BCUT2D eigenvalue weighted by Crippen LogP contribution is 2.32. The van der Waals surface area contributed by atoms with E-state index in [0.717, 1.165) is 30.3 Å². The maximum Gasteiger partial charge on any atom is 0.321 e. The molecule has 8 heteroatoms. The number of piperidine rings is 1. The van der Waals surface area contributed by atoms with Crippen LogP contribution in [0.5, 0.6) is 0 Å². The first-order valence-electron chi connectivity index (χ1n) is 8.85. The topological polar surface area (TPSA) is 72.9 Å². The minimum absolute atomic E-state index is 0.161. The maximum atomic E-state index is 12.8. The number of halogens is 1. The number of carbonyl (C=O) groups is 2. The Morgan fingerprint density at radius 3 is 2.69 bits per heavy atom. The van der Waals surface area contributed by atoms with Crippen molar-refractivity contribution in [2.75, 3.05) is 47.9 Å². The lowest BCUT2D eigenvalue weighted by Crippen LogP contribution is -2.47. The molecule has 6 nitrogen and oxygen atoms in total. The predicted octanol–water partition coefficient (Wildman–Crippen LogP) is 3.47. The molecule has 2 aliphatic heterocycles. The fourth-order valence-corrected chi connectivity index (χ4v) is 4.65. The SMILES string of the molecule is CC1CC(C(=O)O)CN(C(=O)Nc2cc(Cl)ccc2N2CCSCC2)C1. The van der Waals surface area contributed by atoms with E-state index in [-0.39, 0.29) is 18.5 Å². The number of carbonyl (C=O) groups excluding carboxylic acids is 1. The van der Waals surface area contributed by atoms with Crippen molar-refractivity contribution in [1.82, 2.24) is 4.90 Å². The summed E-state index contributed by atoms with van der Waals surface area (Å²) in [5, 5.41) is 12.8. The molecule has 2 unspecified atom stereocenters. The van der Waals surface area contributed by atoms with Gasteiger partial charge in [0.05, 0.1) is 17.3 Å². The van der Waals surface area contributed by atoms with Gasteiger partial charge in [-0.05, 0) is 30.5 Å². The predicted molar refractivity (Wildman–Crippen MR) is 106 cm³/mol. The Kier molecular flexibility index (Phi) is 6.19. The summed E-state index contributed by atoms with van der Waals surface area (Å²) in [6.07, 6.45) is 0.604. The number of hydrogen-bond donors (Lipinski definition) is 2.